The second-order valence-corrected chi connectivity index (χ2v) is 6.80. The lowest BCUT2D eigenvalue weighted by Crippen LogP contribution is -2.35. The monoisotopic (exact) mass is 344 g/mol. The Labute approximate surface area is 149 Å². The van der Waals surface area contributed by atoms with Gasteiger partial charge in [0.05, 0.1) is 0 Å². The van der Waals surface area contributed by atoms with E-state index in [-0.39, 0.29) is 24.5 Å². The number of aliphatic hydroxyl groups excluding tert-OH is 1. The number of nitrogens with one attached hydrogen (secondary N) is 1. The van der Waals surface area contributed by atoms with E-state index in [4.69, 9.17) is 5.11 Å². The van der Waals surface area contributed by atoms with E-state index < -0.39 is 0 Å². The van der Waals surface area contributed by atoms with Crippen LogP contribution in [0.5, 0.6) is 0 Å². The maximum absolute atomic E-state index is 12.7. The molecule has 1 heterocycles. The molecule has 2 N–H and O–H groups in total. The second kappa shape index (κ2) is 9.37. The Morgan fingerprint density at radius 1 is 1.28 bits per heavy atom. The van der Waals surface area contributed by atoms with Crippen LogP contribution in [0.25, 0.3) is 0 Å². The summed E-state index contributed by atoms with van der Waals surface area (Å²) in [5.41, 5.74) is 2.60. The minimum atomic E-state index is -0.107. The number of hydrogen-bond donors (Lipinski definition) is 2. The molecule has 0 spiro atoms. The summed E-state index contributed by atoms with van der Waals surface area (Å²) in [4.78, 5) is 26.3. The molecule has 2 amide bonds. The topological polar surface area (TPSA) is 69.6 Å². The third-order valence-corrected chi connectivity index (χ3v) is 4.42. The van der Waals surface area contributed by atoms with E-state index in [1.54, 1.807) is 6.08 Å². The molecule has 0 aliphatic carbocycles. The molecule has 0 bridgehead atoms. The number of amides is 2. The Balaban J connectivity index is 1.93. The van der Waals surface area contributed by atoms with Gasteiger partial charge in [0.2, 0.25) is 5.91 Å². The van der Waals surface area contributed by atoms with Gasteiger partial charge in [-0.15, -0.1) is 0 Å². The van der Waals surface area contributed by atoms with Gasteiger partial charge in [0.1, 0.15) is 0 Å². The van der Waals surface area contributed by atoms with Crippen LogP contribution in [-0.4, -0.2) is 41.0 Å². The van der Waals surface area contributed by atoms with Gasteiger partial charge in [0.15, 0.2) is 0 Å². The van der Waals surface area contributed by atoms with Crippen molar-refractivity contribution in [2.24, 2.45) is 0 Å². The number of hydrogen-bond acceptors (Lipinski definition) is 3. The SMILES string of the molecule is CC(C)=CC(=O)NCc1ccc(C(=O)N2CCCC2CCCO)cc1. The van der Waals surface area contributed by atoms with Crippen molar-refractivity contribution < 1.29 is 14.7 Å². The predicted octanol–water partition coefficient (Wildman–Crippen LogP) is 2.65. The Morgan fingerprint density at radius 2 is 2.00 bits per heavy atom. The summed E-state index contributed by atoms with van der Waals surface area (Å²) in [6.45, 7) is 5.17. The zero-order chi connectivity index (χ0) is 18.2. The van der Waals surface area contributed by atoms with Gasteiger partial charge in [-0.25, -0.2) is 0 Å². The van der Waals surface area contributed by atoms with Gasteiger partial charge in [-0.1, -0.05) is 17.7 Å². The second-order valence-electron chi connectivity index (χ2n) is 6.80. The summed E-state index contributed by atoms with van der Waals surface area (Å²) in [7, 11) is 0. The fourth-order valence-electron chi connectivity index (χ4n) is 3.16. The highest BCUT2D eigenvalue weighted by Gasteiger charge is 2.28. The third kappa shape index (κ3) is 5.71. The molecule has 2 rings (SSSR count). The number of allylic oxidation sites excluding steroid dienone is 1. The maximum Gasteiger partial charge on any atom is 0.254 e. The number of aliphatic hydroxyl groups is 1. The van der Waals surface area contributed by atoms with Crippen LogP contribution in [0.2, 0.25) is 0 Å². The molecule has 1 aromatic rings. The van der Waals surface area contributed by atoms with Crippen molar-refractivity contribution in [1.29, 1.82) is 0 Å². The lowest BCUT2D eigenvalue weighted by molar-refractivity contribution is -0.116. The smallest absolute Gasteiger partial charge is 0.254 e. The molecular formula is C20H28N2O3. The van der Waals surface area contributed by atoms with E-state index in [2.05, 4.69) is 5.32 Å². The Hall–Kier alpha value is -2.14. The summed E-state index contributed by atoms with van der Waals surface area (Å²) < 4.78 is 0. The summed E-state index contributed by atoms with van der Waals surface area (Å²) in [5, 5.41) is 11.8. The van der Waals surface area contributed by atoms with E-state index in [0.717, 1.165) is 43.4 Å². The lowest BCUT2D eigenvalue weighted by Gasteiger charge is -2.24. The fourth-order valence-corrected chi connectivity index (χ4v) is 3.16. The first-order valence-corrected chi connectivity index (χ1v) is 8.94. The Bertz CT molecular complexity index is 618. The van der Waals surface area contributed by atoms with Gasteiger partial charge in [-0.05, 0) is 57.2 Å². The van der Waals surface area contributed by atoms with E-state index in [9.17, 15) is 9.59 Å². The maximum atomic E-state index is 12.7. The summed E-state index contributed by atoms with van der Waals surface area (Å²) in [5.74, 6) is -0.0514. The molecule has 1 atom stereocenters. The zero-order valence-corrected chi connectivity index (χ0v) is 15.1. The number of rotatable bonds is 7. The van der Waals surface area contributed by atoms with Gasteiger partial charge in [-0.3, -0.25) is 9.59 Å². The molecule has 0 aromatic heterocycles. The van der Waals surface area contributed by atoms with E-state index in [0.29, 0.717) is 12.1 Å². The number of carbonyl (C=O) groups excluding carboxylic acids is 2. The highest BCUT2D eigenvalue weighted by atomic mass is 16.3. The lowest BCUT2D eigenvalue weighted by atomic mass is 10.1. The first-order chi connectivity index (χ1) is 12.0. The van der Waals surface area contributed by atoms with Crippen molar-refractivity contribution in [3.8, 4) is 0 Å². The van der Waals surface area contributed by atoms with Gasteiger partial charge in [-0.2, -0.15) is 0 Å². The molecule has 5 heteroatoms. The number of carbonyl (C=O) groups is 2. The Morgan fingerprint density at radius 3 is 2.64 bits per heavy atom. The molecule has 1 unspecified atom stereocenters. The molecule has 0 radical (unpaired) electrons. The molecule has 5 nitrogen and oxygen atoms in total. The number of nitrogens with zero attached hydrogens (tertiary/aromatic N) is 1. The molecule has 1 fully saturated rings. The average molecular weight is 344 g/mol. The van der Waals surface area contributed by atoms with Crippen LogP contribution < -0.4 is 5.32 Å². The first-order valence-electron chi connectivity index (χ1n) is 8.94. The largest absolute Gasteiger partial charge is 0.396 e. The number of benzene rings is 1. The van der Waals surface area contributed by atoms with Crippen LogP contribution in [0.15, 0.2) is 35.9 Å². The standard InChI is InChI=1S/C20H28N2O3/c1-15(2)13-19(24)21-14-16-7-9-17(10-8-16)20(25)22-11-3-5-18(22)6-4-12-23/h7-10,13,18,23H,3-6,11-12,14H2,1-2H3,(H,21,24). The minimum absolute atomic E-state index is 0.0561. The minimum Gasteiger partial charge on any atom is -0.396 e. The zero-order valence-electron chi connectivity index (χ0n) is 15.1. The van der Waals surface area contributed by atoms with Gasteiger partial charge >= 0.3 is 0 Å². The van der Waals surface area contributed by atoms with Gasteiger partial charge in [0, 0.05) is 37.4 Å². The van der Waals surface area contributed by atoms with Crippen LogP contribution in [0.4, 0.5) is 0 Å². The van der Waals surface area contributed by atoms with Crippen molar-refractivity contribution in [3.63, 3.8) is 0 Å². The molecular weight excluding hydrogens is 316 g/mol. The van der Waals surface area contributed by atoms with Crippen LogP contribution in [-0.2, 0) is 11.3 Å². The van der Waals surface area contributed by atoms with Crippen molar-refractivity contribution in [3.05, 3.63) is 47.0 Å². The third-order valence-electron chi connectivity index (χ3n) is 4.42. The molecule has 0 saturated carbocycles. The van der Waals surface area contributed by atoms with Gasteiger partial charge in [0.25, 0.3) is 5.91 Å². The van der Waals surface area contributed by atoms with Crippen LogP contribution in [0.1, 0.15) is 55.5 Å². The van der Waals surface area contributed by atoms with E-state index >= 15 is 0 Å². The van der Waals surface area contributed by atoms with Crippen LogP contribution in [0.3, 0.4) is 0 Å². The van der Waals surface area contributed by atoms with Crippen molar-refractivity contribution in [2.45, 2.75) is 52.1 Å². The van der Waals surface area contributed by atoms with E-state index in [1.165, 1.54) is 0 Å². The summed E-state index contributed by atoms with van der Waals surface area (Å²) in [6.07, 6.45) is 5.20. The van der Waals surface area contributed by atoms with Crippen LogP contribution >= 0.6 is 0 Å². The normalized spacial score (nSPS) is 16.6. The van der Waals surface area contributed by atoms with Crippen molar-refractivity contribution in [1.82, 2.24) is 10.2 Å². The van der Waals surface area contributed by atoms with Gasteiger partial charge < -0.3 is 15.3 Å². The first kappa shape index (κ1) is 19.2. The highest BCUT2D eigenvalue weighted by molar-refractivity contribution is 5.94. The predicted molar refractivity (Wildman–Crippen MR) is 98.1 cm³/mol. The Kier molecular flexibility index (Phi) is 7.19. The summed E-state index contributed by atoms with van der Waals surface area (Å²) in [6, 6.07) is 7.66. The van der Waals surface area contributed by atoms with E-state index in [1.807, 2.05) is 43.0 Å². The molecule has 1 aromatic carbocycles. The number of likely N-dealkylation sites (tertiary alicyclic amines) is 1. The molecule has 1 aliphatic rings. The highest BCUT2D eigenvalue weighted by Crippen LogP contribution is 2.23. The quantitative estimate of drug-likeness (QED) is 0.747. The summed E-state index contributed by atoms with van der Waals surface area (Å²) >= 11 is 0. The van der Waals surface area contributed by atoms with Crippen LogP contribution in [0, 0.1) is 0 Å². The molecule has 1 saturated heterocycles. The van der Waals surface area contributed by atoms with Crippen molar-refractivity contribution in [2.75, 3.05) is 13.2 Å². The molecule has 25 heavy (non-hydrogen) atoms. The average Bonchev–Trinajstić information content (AvgIpc) is 3.06. The molecule has 136 valence electrons. The molecule has 1 aliphatic heterocycles. The van der Waals surface area contributed by atoms with Crippen molar-refractivity contribution >= 4 is 11.8 Å². The fraction of sp³-hybridized carbons (Fsp3) is 0.500.